The van der Waals surface area contributed by atoms with Crippen LogP contribution in [0.3, 0.4) is 0 Å². The van der Waals surface area contributed by atoms with Gasteiger partial charge in [-0.1, -0.05) is 182 Å². The summed E-state index contributed by atoms with van der Waals surface area (Å²) in [7, 11) is 0. The van der Waals surface area contributed by atoms with Gasteiger partial charge in [0.2, 0.25) is 0 Å². The Morgan fingerprint density at radius 2 is 0.821 bits per heavy atom. The fourth-order valence-corrected chi connectivity index (χ4v) is 7.65. The van der Waals surface area contributed by atoms with E-state index in [1.807, 2.05) is 24.3 Å². The van der Waals surface area contributed by atoms with Gasteiger partial charge in [0.25, 0.3) is 0 Å². The number of nitrogens with zero attached hydrogens (tertiary/aromatic N) is 3. The molecule has 0 fully saturated rings. The van der Waals surface area contributed by atoms with E-state index in [4.69, 9.17) is 15.0 Å². The van der Waals surface area contributed by atoms with Crippen molar-refractivity contribution in [2.45, 2.75) is 6.17 Å². The van der Waals surface area contributed by atoms with E-state index in [-0.39, 0.29) is 6.17 Å². The Bertz CT molecular complexity index is 2900. The number of aliphatic imine (C=N–C) groups is 2. The van der Waals surface area contributed by atoms with Crippen molar-refractivity contribution in [3.63, 3.8) is 0 Å². The van der Waals surface area contributed by atoms with E-state index in [0.29, 0.717) is 5.84 Å². The van der Waals surface area contributed by atoms with Gasteiger partial charge in [-0.3, -0.25) is 0 Å². The quantitative estimate of drug-likeness (QED) is 0.167. The van der Waals surface area contributed by atoms with E-state index < -0.39 is 0 Å². The van der Waals surface area contributed by atoms with Crippen LogP contribution in [0.1, 0.15) is 22.9 Å². The van der Waals surface area contributed by atoms with Crippen molar-refractivity contribution in [2.75, 3.05) is 0 Å². The number of hydrogen-bond donors (Lipinski definition) is 1. The summed E-state index contributed by atoms with van der Waals surface area (Å²) >= 11 is 0. The molecule has 0 aliphatic carbocycles. The first-order chi connectivity index (χ1) is 27.7. The lowest BCUT2D eigenvalue weighted by Gasteiger charge is -2.24. The second kappa shape index (κ2) is 14.4. The number of rotatable bonds is 7. The molecule has 0 saturated heterocycles. The Kier molecular flexibility index (Phi) is 8.54. The lowest BCUT2D eigenvalue weighted by molar-refractivity contribution is 0.674. The molecule has 56 heavy (non-hydrogen) atoms. The molecular weight excluding hydrogens is 681 g/mol. The predicted octanol–water partition coefficient (Wildman–Crippen LogP) is 12.6. The van der Waals surface area contributed by atoms with Crippen LogP contribution in [-0.4, -0.2) is 16.7 Å². The van der Waals surface area contributed by atoms with Crippen molar-refractivity contribution >= 4 is 33.3 Å². The number of hydrogen-bond acceptors (Lipinski definition) is 4. The number of aromatic nitrogens is 1. The Labute approximate surface area is 326 Å². The smallest absolute Gasteiger partial charge is 0.159 e. The van der Waals surface area contributed by atoms with Crippen LogP contribution in [0.5, 0.6) is 0 Å². The number of fused-ring (bicyclic) bond motifs is 3. The van der Waals surface area contributed by atoms with Gasteiger partial charge in [0, 0.05) is 27.5 Å². The molecule has 1 aromatic heterocycles. The minimum Gasteiger partial charge on any atom is -0.344 e. The van der Waals surface area contributed by atoms with Crippen molar-refractivity contribution in [1.82, 2.24) is 10.3 Å². The third-order valence-electron chi connectivity index (χ3n) is 10.5. The van der Waals surface area contributed by atoms with Gasteiger partial charge in [0.15, 0.2) is 5.84 Å². The molecule has 0 bridgehead atoms. The first-order valence-corrected chi connectivity index (χ1v) is 19.0. The average Bonchev–Trinajstić information content (AvgIpc) is 3.29. The zero-order valence-corrected chi connectivity index (χ0v) is 30.5. The van der Waals surface area contributed by atoms with Gasteiger partial charge in [-0.2, -0.15) is 0 Å². The van der Waals surface area contributed by atoms with E-state index >= 15 is 0 Å². The highest BCUT2D eigenvalue weighted by Gasteiger charge is 2.22. The highest BCUT2D eigenvalue weighted by molar-refractivity contribution is 6.14. The fourth-order valence-electron chi connectivity index (χ4n) is 7.65. The first kappa shape index (κ1) is 33.2. The largest absolute Gasteiger partial charge is 0.344 e. The van der Waals surface area contributed by atoms with Crippen LogP contribution in [0, 0.1) is 0 Å². The molecule has 0 amide bonds. The summed E-state index contributed by atoms with van der Waals surface area (Å²) in [6, 6.07) is 72.4. The van der Waals surface area contributed by atoms with Crippen molar-refractivity contribution < 1.29 is 0 Å². The van der Waals surface area contributed by atoms with Crippen LogP contribution < -0.4 is 5.32 Å². The fraction of sp³-hybridized carbons (Fsp3) is 0.0192. The topological polar surface area (TPSA) is 49.6 Å². The van der Waals surface area contributed by atoms with Gasteiger partial charge < -0.3 is 5.32 Å². The van der Waals surface area contributed by atoms with Crippen molar-refractivity contribution in [3.8, 4) is 44.6 Å². The monoisotopic (exact) mass is 716 g/mol. The minimum absolute atomic E-state index is 0.292. The molecule has 1 aliphatic rings. The summed E-state index contributed by atoms with van der Waals surface area (Å²) < 4.78 is 0. The second-order valence-corrected chi connectivity index (χ2v) is 14.1. The lowest BCUT2D eigenvalue weighted by Crippen LogP contribution is -2.33. The van der Waals surface area contributed by atoms with E-state index in [9.17, 15) is 0 Å². The molecule has 1 atom stereocenters. The maximum absolute atomic E-state index is 5.24. The predicted molar refractivity (Wildman–Crippen MR) is 233 cm³/mol. The highest BCUT2D eigenvalue weighted by Crippen LogP contribution is 2.36. The summed E-state index contributed by atoms with van der Waals surface area (Å²) in [4.78, 5) is 15.6. The molecule has 8 aromatic carbocycles. The number of nitrogens with one attached hydrogen (secondary N) is 1. The lowest BCUT2D eigenvalue weighted by atomic mass is 9.93. The molecule has 4 nitrogen and oxygen atoms in total. The minimum atomic E-state index is -0.292. The number of para-hydroxylation sites is 1. The third kappa shape index (κ3) is 6.44. The van der Waals surface area contributed by atoms with Crippen LogP contribution >= 0.6 is 0 Å². The number of amidine groups is 2. The van der Waals surface area contributed by atoms with Crippen LogP contribution in [-0.2, 0) is 0 Å². The summed E-state index contributed by atoms with van der Waals surface area (Å²) in [5, 5.41) is 7.12. The van der Waals surface area contributed by atoms with E-state index in [1.165, 1.54) is 16.5 Å². The molecule has 0 spiro atoms. The van der Waals surface area contributed by atoms with Crippen LogP contribution in [0.2, 0.25) is 0 Å². The maximum atomic E-state index is 5.24. The van der Waals surface area contributed by atoms with Gasteiger partial charge in [0.05, 0.1) is 11.2 Å². The molecule has 0 radical (unpaired) electrons. The Morgan fingerprint density at radius 3 is 1.46 bits per heavy atom. The first-order valence-electron chi connectivity index (χ1n) is 19.0. The van der Waals surface area contributed by atoms with E-state index in [0.717, 1.165) is 72.3 Å². The molecule has 2 heterocycles. The second-order valence-electron chi connectivity index (χ2n) is 14.1. The van der Waals surface area contributed by atoms with Crippen molar-refractivity contribution in [2.24, 2.45) is 9.98 Å². The standard InChI is InChI=1S/C52H36N4/c1-4-14-35(15-5-1)36-24-26-37(27-25-36)42-32-43(38-28-30-39(31-29-38)49-47-22-11-10-20-45(47)46-21-12-13-23-48(46)53-49)34-44(33-42)52-55-50(40-16-6-2-7-17-40)54-51(56-52)41-18-8-3-9-19-41/h1-34,50H,(H,54,55,56). The summed E-state index contributed by atoms with van der Waals surface area (Å²) in [5.74, 6) is 1.48. The normalized spacial score (nSPS) is 13.9. The van der Waals surface area contributed by atoms with Crippen LogP contribution in [0.15, 0.2) is 216 Å². The summed E-state index contributed by atoms with van der Waals surface area (Å²) in [5.41, 5.74) is 12.9. The van der Waals surface area contributed by atoms with E-state index in [2.05, 4.69) is 187 Å². The van der Waals surface area contributed by atoms with Gasteiger partial charge in [-0.15, -0.1) is 0 Å². The SMILES string of the molecule is c1ccc(C2=NC(c3cc(-c4ccc(-c5ccccc5)cc4)cc(-c4ccc(-c5nc6ccccc6c6ccccc56)cc4)c3)=NC(c3ccccc3)N2)cc1. The summed E-state index contributed by atoms with van der Waals surface area (Å²) in [6.07, 6.45) is -0.292. The van der Waals surface area contributed by atoms with Gasteiger partial charge >= 0.3 is 0 Å². The molecule has 1 N–H and O–H groups in total. The maximum Gasteiger partial charge on any atom is 0.159 e. The molecule has 1 aliphatic heterocycles. The third-order valence-corrected chi connectivity index (χ3v) is 10.5. The van der Waals surface area contributed by atoms with Crippen LogP contribution in [0.4, 0.5) is 0 Å². The molecular formula is C52H36N4. The molecule has 10 rings (SSSR count). The Hall–Kier alpha value is -7.43. The highest BCUT2D eigenvalue weighted by atomic mass is 15.2. The summed E-state index contributed by atoms with van der Waals surface area (Å²) in [6.45, 7) is 0. The van der Waals surface area contributed by atoms with Gasteiger partial charge in [0.1, 0.15) is 12.0 Å². The molecule has 0 saturated carbocycles. The van der Waals surface area contributed by atoms with Gasteiger partial charge in [-0.05, 0) is 68.6 Å². The molecule has 1 unspecified atom stereocenters. The average molecular weight is 717 g/mol. The Morgan fingerprint density at radius 1 is 0.357 bits per heavy atom. The Balaban J connectivity index is 1.10. The zero-order chi connectivity index (χ0) is 37.3. The van der Waals surface area contributed by atoms with Gasteiger partial charge in [-0.25, -0.2) is 15.0 Å². The number of pyridine rings is 1. The molecule has 4 heteroatoms. The van der Waals surface area contributed by atoms with Crippen LogP contribution in [0.25, 0.3) is 66.3 Å². The van der Waals surface area contributed by atoms with Crippen molar-refractivity contribution in [1.29, 1.82) is 0 Å². The van der Waals surface area contributed by atoms with Crippen molar-refractivity contribution in [3.05, 3.63) is 223 Å². The van der Waals surface area contributed by atoms with E-state index in [1.54, 1.807) is 0 Å². The molecule has 264 valence electrons. The number of benzene rings is 8. The molecule has 9 aromatic rings. The zero-order valence-electron chi connectivity index (χ0n) is 30.5.